The number of hydrogen-bond acceptors (Lipinski definition) is 5. The van der Waals surface area contributed by atoms with Crippen LogP contribution in [0.15, 0.2) is 18.3 Å². The van der Waals surface area contributed by atoms with Gasteiger partial charge in [-0.25, -0.2) is 9.78 Å². The molecule has 0 spiro atoms. The SMILES string of the molecule is COC(=O)c1cccnc1N1CCC(CO)CC1. The largest absolute Gasteiger partial charge is 0.465 e. The zero-order valence-corrected chi connectivity index (χ0v) is 10.5. The first-order valence-electron chi connectivity index (χ1n) is 6.15. The first-order valence-corrected chi connectivity index (χ1v) is 6.15. The van der Waals surface area contributed by atoms with Gasteiger partial charge >= 0.3 is 5.97 Å². The highest BCUT2D eigenvalue weighted by atomic mass is 16.5. The van der Waals surface area contributed by atoms with E-state index in [4.69, 9.17) is 9.84 Å². The van der Waals surface area contributed by atoms with Crippen molar-refractivity contribution in [2.75, 3.05) is 31.7 Å². The number of aromatic nitrogens is 1. The number of anilines is 1. The summed E-state index contributed by atoms with van der Waals surface area (Å²) in [6, 6.07) is 3.46. The smallest absolute Gasteiger partial charge is 0.341 e. The van der Waals surface area contributed by atoms with Crippen LogP contribution in [0, 0.1) is 5.92 Å². The predicted octanol–water partition coefficient (Wildman–Crippen LogP) is 1.08. The maximum absolute atomic E-state index is 11.7. The predicted molar refractivity (Wildman–Crippen MR) is 67.6 cm³/mol. The Bertz CT molecular complexity index is 414. The molecule has 1 aromatic heterocycles. The van der Waals surface area contributed by atoms with Gasteiger partial charge < -0.3 is 14.7 Å². The Hall–Kier alpha value is -1.62. The second-order valence-electron chi connectivity index (χ2n) is 4.48. The Morgan fingerprint density at radius 1 is 1.56 bits per heavy atom. The van der Waals surface area contributed by atoms with Gasteiger partial charge in [0.05, 0.1) is 7.11 Å². The number of esters is 1. The van der Waals surface area contributed by atoms with Crippen LogP contribution < -0.4 is 4.90 Å². The molecule has 1 aromatic rings. The number of carbonyl (C=O) groups excluding carboxylic acids is 1. The molecule has 0 aliphatic carbocycles. The van der Waals surface area contributed by atoms with Gasteiger partial charge in [-0.05, 0) is 30.9 Å². The molecule has 0 amide bonds. The van der Waals surface area contributed by atoms with E-state index in [1.165, 1.54) is 7.11 Å². The quantitative estimate of drug-likeness (QED) is 0.813. The van der Waals surface area contributed by atoms with Crippen molar-refractivity contribution in [1.82, 2.24) is 4.98 Å². The molecule has 98 valence electrons. The number of carbonyl (C=O) groups is 1. The molecule has 2 heterocycles. The van der Waals surface area contributed by atoms with Crippen molar-refractivity contribution < 1.29 is 14.6 Å². The molecule has 1 fully saturated rings. The molecule has 2 rings (SSSR count). The van der Waals surface area contributed by atoms with Crippen molar-refractivity contribution in [3.8, 4) is 0 Å². The van der Waals surface area contributed by atoms with Crippen LogP contribution >= 0.6 is 0 Å². The molecule has 0 radical (unpaired) electrons. The monoisotopic (exact) mass is 250 g/mol. The highest BCUT2D eigenvalue weighted by Crippen LogP contribution is 2.24. The molecule has 0 saturated carbocycles. The van der Waals surface area contributed by atoms with E-state index in [1.807, 2.05) is 0 Å². The Morgan fingerprint density at radius 2 is 2.28 bits per heavy atom. The molecule has 0 aromatic carbocycles. The molecule has 1 aliphatic heterocycles. The van der Waals surface area contributed by atoms with Gasteiger partial charge in [0.25, 0.3) is 0 Å². The Morgan fingerprint density at radius 3 is 2.89 bits per heavy atom. The van der Waals surface area contributed by atoms with Crippen molar-refractivity contribution >= 4 is 11.8 Å². The van der Waals surface area contributed by atoms with Crippen molar-refractivity contribution in [3.63, 3.8) is 0 Å². The van der Waals surface area contributed by atoms with E-state index in [9.17, 15) is 4.79 Å². The Balaban J connectivity index is 2.16. The Labute approximate surface area is 106 Å². The third-order valence-electron chi connectivity index (χ3n) is 3.36. The topological polar surface area (TPSA) is 62.7 Å². The summed E-state index contributed by atoms with van der Waals surface area (Å²) in [5, 5.41) is 9.12. The number of nitrogens with zero attached hydrogens (tertiary/aromatic N) is 2. The molecular weight excluding hydrogens is 232 g/mol. The molecular formula is C13H18N2O3. The van der Waals surface area contributed by atoms with E-state index in [0.717, 1.165) is 25.9 Å². The molecule has 0 bridgehead atoms. The fourth-order valence-electron chi connectivity index (χ4n) is 2.25. The summed E-state index contributed by atoms with van der Waals surface area (Å²) in [7, 11) is 1.37. The van der Waals surface area contributed by atoms with Crippen molar-refractivity contribution in [1.29, 1.82) is 0 Å². The van der Waals surface area contributed by atoms with Crippen LogP contribution in [-0.4, -0.2) is 42.9 Å². The Kier molecular flexibility index (Phi) is 4.15. The number of hydrogen-bond donors (Lipinski definition) is 1. The minimum Gasteiger partial charge on any atom is -0.465 e. The summed E-state index contributed by atoms with van der Waals surface area (Å²) >= 11 is 0. The van der Waals surface area contributed by atoms with E-state index in [1.54, 1.807) is 18.3 Å². The molecule has 5 nitrogen and oxygen atoms in total. The average molecular weight is 250 g/mol. The van der Waals surface area contributed by atoms with E-state index in [0.29, 0.717) is 17.3 Å². The first kappa shape index (κ1) is 12.8. The zero-order chi connectivity index (χ0) is 13.0. The number of ether oxygens (including phenoxy) is 1. The summed E-state index contributed by atoms with van der Waals surface area (Å²) in [5.74, 6) is 0.690. The lowest BCUT2D eigenvalue weighted by Crippen LogP contribution is -2.36. The van der Waals surface area contributed by atoms with Crippen molar-refractivity contribution in [3.05, 3.63) is 23.9 Å². The lowest BCUT2D eigenvalue weighted by atomic mass is 9.97. The van der Waals surface area contributed by atoms with E-state index in [-0.39, 0.29) is 12.6 Å². The van der Waals surface area contributed by atoms with Gasteiger partial charge in [0.2, 0.25) is 0 Å². The highest BCUT2D eigenvalue weighted by molar-refractivity contribution is 5.94. The van der Waals surface area contributed by atoms with Gasteiger partial charge in [-0.2, -0.15) is 0 Å². The molecule has 0 atom stereocenters. The molecule has 0 unspecified atom stereocenters. The molecule has 1 saturated heterocycles. The second kappa shape index (κ2) is 5.82. The zero-order valence-electron chi connectivity index (χ0n) is 10.5. The van der Waals surface area contributed by atoms with Crippen molar-refractivity contribution in [2.45, 2.75) is 12.8 Å². The van der Waals surface area contributed by atoms with Crippen LogP contribution in [-0.2, 0) is 4.74 Å². The summed E-state index contributed by atoms with van der Waals surface area (Å²) < 4.78 is 4.76. The second-order valence-corrected chi connectivity index (χ2v) is 4.48. The van der Waals surface area contributed by atoms with E-state index >= 15 is 0 Å². The number of aliphatic hydroxyl groups is 1. The fraction of sp³-hybridized carbons (Fsp3) is 0.538. The van der Waals surface area contributed by atoms with Gasteiger partial charge in [0, 0.05) is 25.9 Å². The van der Waals surface area contributed by atoms with Crippen LogP contribution in [0.2, 0.25) is 0 Å². The van der Waals surface area contributed by atoms with Crippen LogP contribution in [0.4, 0.5) is 5.82 Å². The molecule has 1 N–H and O–H groups in total. The number of piperidine rings is 1. The normalized spacial score (nSPS) is 16.7. The van der Waals surface area contributed by atoms with Gasteiger partial charge in [-0.3, -0.25) is 0 Å². The third kappa shape index (κ3) is 2.61. The molecule has 5 heteroatoms. The first-order chi connectivity index (χ1) is 8.76. The van der Waals surface area contributed by atoms with Gasteiger partial charge in [-0.1, -0.05) is 0 Å². The van der Waals surface area contributed by atoms with Crippen LogP contribution in [0.25, 0.3) is 0 Å². The number of methoxy groups -OCH3 is 1. The maximum Gasteiger partial charge on any atom is 0.341 e. The average Bonchev–Trinajstić information content (AvgIpc) is 2.46. The van der Waals surface area contributed by atoms with Gasteiger partial charge in [-0.15, -0.1) is 0 Å². The summed E-state index contributed by atoms with van der Waals surface area (Å²) in [6.45, 7) is 1.86. The minimum atomic E-state index is -0.359. The van der Waals surface area contributed by atoms with Crippen molar-refractivity contribution in [2.24, 2.45) is 5.92 Å². The number of aliphatic hydroxyl groups excluding tert-OH is 1. The van der Waals surface area contributed by atoms with Crippen LogP contribution in [0.3, 0.4) is 0 Å². The molecule has 1 aliphatic rings. The lowest BCUT2D eigenvalue weighted by molar-refractivity contribution is 0.0601. The number of pyridine rings is 1. The maximum atomic E-state index is 11.7. The van der Waals surface area contributed by atoms with Crippen LogP contribution in [0.5, 0.6) is 0 Å². The van der Waals surface area contributed by atoms with Crippen LogP contribution in [0.1, 0.15) is 23.2 Å². The minimum absolute atomic E-state index is 0.236. The van der Waals surface area contributed by atoms with Gasteiger partial charge in [0.15, 0.2) is 0 Å². The molecule has 18 heavy (non-hydrogen) atoms. The third-order valence-corrected chi connectivity index (χ3v) is 3.36. The van der Waals surface area contributed by atoms with Gasteiger partial charge in [0.1, 0.15) is 11.4 Å². The standard InChI is InChI=1S/C13H18N2O3/c1-18-13(17)11-3-2-6-14-12(11)15-7-4-10(9-16)5-8-15/h2-3,6,10,16H,4-5,7-9H2,1H3. The summed E-state index contributed by atoms with van der Waals surface area (Å²) in [6.07, 6.45) is 3.53. The number of rotatable bonds is 3. The van der Waals surface area contributed by atoms with E-state index in [2.05, 4.69) is 9.88 Å². The van der Waals surface area contributed by atoms with E-state index < -0.39 is 0 Å². The lowest BCUT2D eigenvalue weighted by Gasteiger charge is -2.32. The highest BCUT2D eigenvalue weighted by Gasteiger charge is 2.23. The summed E-state index contributed by atoms with van der Waals surface area (Å²) in [4.78, 5) is 18.0. The summed E-state index contributed by atoms with van der Waals surface area (Å²) in [5.41, 5.74) is 0.502. The fourth-order valence-corrected chi connectivity index (χ4v) is 2.25.